The Morgan fingerprint density at radius 3 is 2.57 bits per heavy atom. The number of nitrogens with one attached hydrogen (secondary N) is 3. The largest absolute Gasteiger partial charge is 0.340 e. The molecule has 0 fully saturated rings. The molecule has 0 spiro atoms. The molecule has 21 heavy (non-hydrogen) atoms. The van der Waals surface area contributed by atoms with Crippen molar-refractivity contribution in [3.63, 3.8) is 0 Å². The van der Waals surface area contributed by atoms with Crippen molar-refractivity contribution in [3.8, 4) is 0 Å². The maximum atomic E-state index is 11.9. The number of imidazole rings is 1. The van der Waals surface area contributed by atoms with Crippen LogP contribution in [0.5, 0.6) is 0 Å². The highest BCUT2D eigenvalue weighted by molar-refractivity contribution is 5.89. The maximum absolute atomic E-state index is 11.9. The first-order valence-electron chi connectivity index (χ1n) is 6.79. The van der Waals surface area contributed by atoms with Crippen LogP contribution in [0, 0.1) is 0 Å². The molecule has 1 aromatic heterocycles. The summed E-state index contributed by atoms with van der Waals surface area (Å²) < 4.78 is 0. The van der Waals surface area contributed by atoms with Crippen LogP contribution in [0.4, 0.5) is 10.5 Å². The molecule has 3 aromatic rings. The van der Waals surface area contributed by atoms with E-state index < -0.39 is 0 Å². The molecule has 2 aromatic carbocycles. The molecule has 0 radical (unpaired) electrons. The molecule has 0 unspecified atom stereocenters. The van der Waals surface area contributed by atoms with Gasteiger partial charge in [-0.1, -0.05) is 30.3 Å². The van der Waals surface area contributed by atoms with Crippen LogP contribution in [0.1, 0.15) is 18.8 Å². The third kappa shape index (κ3) is 3.02. The SMILES string of the molecule is C[C@H](NC(=O)Nc1ccccc1)c1nc2ccccc2[nH]1. The number of benzene rings is 2. The lowest BCUT2D eigenvalue weighted by atomic mass is 10.3. The molecular formula is C16H16N4O. The number of carbonyl (C=O) groups is 1. The van der Waals surface area contributed by atoms with Crippen molar-refractivity contribution in [2.75, 3.05) is 5.32 Å². The first kappa shape index (κ1) is 13.2. The number of hydrogen-bond acceptors (Lipinski definition) is 2. The highest BCUT2D eigenvalue weighted by Gasteiger charge is 2.13. The van der Waals surface area contributed by atoms with Gasteiger partial charge in [0.15, 0.2) is 0 Å². The molecule has 5 nitrogen and oxygen atoms in total. The van der Waals surface area contributed by atoms with Gasteiger partial charge in [0.2, 0.25) is 0 Å². The molecule has 0 saturated heterocycles. The Morgan fingerprint density at radius 1 is 1.10 bits per heavy atom. The number of H-pyrrole nitrogens is 1. The summed E-state index contributed by atoms with van der Waals surface area (Å²) in [6, 6.07) is 16.6. The minimum atomic E-state index is -0.255. The van der Waals surface area contributed by atoms with Gasteiger partial charge in [-0.25, -0.2) is 9.78 Å². The summed E-state index contributed by atoms with van der Waals surface area (Å²) in [4.78, 5) is 19.6. The summed E-state index contributed by atoms with van der Waals surface area (Å²) in [5, 5.41) is 5.65. The van der Waals surface area contributed by atoms with Crippen LogP contribution in [0.3, 0.4) is 0 Å². The topological polar surface area (TPSA) is 69.8 Å². The Balaban J connectivity index is 1.68. The Morgan fingerprint density at radius 2 is 1.81 bits per heavy atom. The molecule has 1 atom stereocenters. The summed E-state index contributed by atoms with van der Waals surface area (Å²) in [5.74, 6) is 0.736. The lowest BCUT2D eigenvalue weighted by Crippen LogP contribution is -2.31. The zero-order chi connectivity index (χ0) is 14.7. The number of amides is 2. The van der Waals surface area contributed by atoms with E-state index in [4.69, 9.17) is 0 Å². The summed E-state index contributed by atoms with van der Waals surface area (Å²) in [6.07, 6.45) is 0. The van der Waals surface area contributed by atoms with Crippen molar-refractivity contribution in [1.29, 1.82) is 0 Å². The molecule has 3 N–H and O–H groups in total. The zero-order valence-corrected chi connectivity index (χ0v) is 11.6. The normalized spacial score (nSPS) is 12.0. The van der Waals surface area contributed by atoms with Crippen LogP contribution >= 0.6 is 0 Å². The van der Waals surface area contributed by atoms with Crippen molar-refractivity contribution in [1.82, 2.24) is 15.3 Å². The van der Waals surface area contributed by atoms with Gasteiger partial charge in [-0.15, -0.1) is 0 Å². The quantitative estimate of drug-likeness (QED) is 0.687. The third-order valence-electron chi connectivity index (χ3n) is 3.20. The number of carbonyl (C=O) groups excluding carboxylic acids is 1. The standard InChI is InChI=1S/C16H16N4O/c1-11(15-19-13-9-5-6-10-14(13)20-15)17-16(21)18-12-7-3-2-4-8-12/h2-11H,1H3,(H,19,20)(H2,17,18,21)/t11-/m0/s1. The van der Waals surface area contributed by atoms with Crippen LogP contribution in [0.15, 0.2) is 54.6 Å². The number of para-hydroxylation sites is 3. The Labute approximate surface area is 122 Å². The minimum absolute atomic E-state index is 0.207. The van der Waals surface area contributed by atoms with Crippen molar-refractivity contribution >= 4 is 22.8 Å². The second-order valence-electron chi connectivity index (χ2n) is 4.83. The second-order valence-corrected chi connectivity index (χ2v) is 4.83. The van der Waals surface area contributed by atoms with Crippen molar-refractivity contribution < 1.29 is 4.79 Å². The molecular weight excluding hydrogens is 264 g/mol. The monoisotopic (exact) mass is 280 g/mol. The lowest BCUT2D eigenvalue weighted by molar-refractivity contribution is 0.249. The average Bonchev–Trinajstić information content (AvgIpc) is 2.92. The van der Waals surface area contributed by atoms with Gasteiger partial charge in [-0.2, -0.15) is 0 Å². The number of urea groups is 1. The number of hydrogen-bond donors (Lipinski definition) is 3. The first-order valence-corrected chi connectivity index (χ1v) is 6.79. The van der Waals surface area contributed by atoms with Crippen molar-refractivity contribution in [2.45, 2.75) is 13.0 Å². The van der Waals surface area contributed by atoms with Gasteiger partial charge < -0.3 is 15.6 Å². The molecule has 0 aliphatic heterocycles. The number of fused-ring (bicyclic) bond motifs is 1. The predicted molar refractivity (Wildman–Crippen MR) is 83.1 cm³/mol. The Hall–Kier alpha value is -2.82. The predicted octanol–water partition coefficient (Wildman–Crippen LogP) is 3.45. The first-order chi connectivity index (χ1) is 10.2. The number of rotatable bonds is 3. The number of anilines is 1. The zero-order valence-electron chi connectivity index (χ0n) is 11.6. The molecule has 0 aliphatic rings. The number of aromatic amines is 1. The van der Waals surface area contributed by atoms with Crippen LogP contribution in [0.25, 0.3) is 11.0 Å². The molecule has 1 heterocycles. The van der Waals surface area contributed by atoms with Gasteiger partial charge in [0.25, 0.3) is 0 Å². The van der Waals surface area contributed by atoms with Crippen LogP contribution in [-0.2, 0) is 0 Å². The van der Waals surface area contributed by atoms with E-state index in [2.05, 4.69) is 20.6 Å². The van der Waals surface area contributed by atoms with E-state index in [0.29, 0.717) is 0 Å². The molecule has 2 amide bonds. The Bertz CT molecular complexity index is 718. The fourth-order valence-electron chi connectivity index (χ4n) is 2.13. The highest BCUT2D eigenvalue weighted by Crippen LogP contribution is 2.15. The van der Waals surface area contributed by atoms with E-state index in [1.165, 1.54) is 0 Å². The molecule has 0 bridgehead atoms. The van der Waals surface area contributed by atoms with Gasteiger partial charge in [-0.3, -0.25) is 0 Å². The van der Waals surface area contributed by atoms with E-state index >= 15 is 0 Å². The third-order valence-corrected chi connectivity index (χ3v) is 3.20. The summed E-state index contributed by atoms with van der Waals surface area (Å²) in [6.45, 7) is 1.89. The van der Waals surface area contributed by atoms with E-state index in [1.54, 1.807) is 0 Å². The van der Waals surface area contributed by atoms with Crippen LogP contribution in [-0.4, -0.2) is 16.0 Å². The fourth-order valence-corrected chi connectivity index (χ4v) is 2.13. The van der Waals surface area contributed by atoms with Gasteiger partial charge >= 0.3 is 6.03 Å². The van der Waals surface area contributed by atoms with Crippen molar-refractivity contribution in [3.05, 3.63) is 60.4 Å². The molecule has 3 rings (SSSR count). The molecule has 0 saturated carbocycles. The van der Waals surface area contributed by atoms with Crippen LogP contribution in [0.2, 0.25) is 0 Å². The lowest BCUT2D eigenvalue weighted by Gasteiger charge is -2.12. The summed E-state index contributed by atoms with van der Waals surface area (Å²) in [5.41, 5.74) is 2.61. The minimum Gasteiger partial charge on any atom is -0.340 e. The van der Waals surface area contributed by atoms with Crippen LogP contribution < -0.4 is 10.6 Å². The average molecular weight is 280 g/mol. The van der Waals surface area contributed by atoms with Gasteiger partial charge in [-0.05, 0) is 31.2 Å². The highest BCUT2D eigenvalue weighted by atomic mass is 16.2. The number of aromatic nitrogens is 2. The Kier molecular flexibility index (Phi) is 3.55. The van der Waals surface area contributed by atoms with Gasteiger partial charge in [0.1, 0.15) is 5.82 Å². The van der Waals surface area contributed by atoms with Crippen molar-refractivity contribution in [2.24, 2.45) is 0 Å². The summed E-state index contributed by atoms with van der Waals surface area (Å²) in [7, 11) is 0. The molecule has 5 heteroatoms. The molecule has 0 aliphatic carbocycles. The molecule has 106 valence electrons. The maximum Gasteiger partial charge on any atom is 0.319 e. The van der Waals surface area contributed by atoms with Gasteiger partial charge in [0.05, 0.1) is 17.1 Å². The smallest absolute Gasteiger partial charge is 0.319 e. The van der Waals surface area contributed by atoms with E-state index in [9.17, 15) is 4.79 Å². The fraction of sp³-hybridized carbons (Fsp3) is 0.125. The second kappa shape index (κ2) is 5.66. The van der Waals surface area contributed by atoms with E-state index in [-0.39, 0.29) is 12.1 Å². The summed E-state index contributed by atoms with van der Waals surface area (Å²) >= 11 is 0. The number of nitrogens with zero attached hydrogens (tertiary/aromatic N) is 1. The van der Waals surface area contributed by atoms with E-state index in [1.807, 2.05) is 61.5 Å². The van der Waals surface area contributed by atoms with E-state index in [0.717, 1.165) is 22.5 Å². The van der Waals surface area contributed by atoms with Gasteiger partial charge in [0, 0.05) is 5.69 Å².